The summed E-state index contributed by atoms with van der Waals surface area (Å²) in [5.74, 6) is 0.140. The van der Waals surface area contributed by atoms with Crippen molar-refractivity contribution in [2.75, 3.05) is 0 Å². The lowest BCUT2D eigenvalue weighted by Crippen LogP contribution is -2.06. The Kier molecular flexibility index (Phi) is 3.05. The molecule has 0 aliphatic rings. The van der Waals surface area contributed by atoms with E-state index in [0.717, 1.165) is 6.42 Å². The Morgan fingerprint density at radius 3 is 2.56 bits per heavy atom. The summed E-state index contributed by atoms with van der Waals surface area (Å²) in [4.78, 5) is 11.5. The van der Waals surface area contributed by atoms with E-state index in [1.165, 1.54) is 18.1 Å². The Balaban J connectivity index is 2.06. The number of ether oxygens (including phenoxy) is 1. The van der Waals surface area contributed by atoms with Crippen LogP contribution >= 0.6 is 0 Å². The van der Waals surface area contributed by atoms with Gasteiger partial charge in [-0.1, -0.05) is 19.1 Å². The molecule has 3 nitrogen and oxygen atoms in total. The van der Waals surface area contributed by atoms with Crippen LogP contribution in [0.2, 0.25) is 0 Å². The lowest BCUT2D eigenvalue weighted by atomic mass is 10.2. The van der Waals surface area contributed by atoms with E-state index in [1.807, 2.05) is 12.1 Å². The van der Waals surface area contributed by atoms with Gasteiger partial charge in [-0.2, -0.15) is 0 Å². The summed E-state index contributed by atoms with van der Waals surface area (Å²) in [6, 6.07) is 9.03. The van der Waals surface area contributed by atoms with Crippen molar-refractivity contribution in [3.63, 3.8) is 0 Å². The fraction of sp³-hybridized carbons (Fsp3) is 0.154. The molecular weight excluding hydrogens is 204 g/mol. The lowest BCUT2D eigenvalue weighted by Gasteiger charge is -2.03. The van der Waals surface area contributed by atoms with Crippen molar-refractivity contribution < 1.29 is 13.9 Å². The fourth-order valence-electron chi connectivity index (χ4n) is 1.34. The molecule has 1 heterocycles. The molecule has 0 saturated carbocycles. The van der Waals surface area contributed by atoms with Gasteiger partial charge in [0.15, 0.2) is 0 Å². The van der Waals surface area contributed by atoms with Gasteiger partial charge in [-0.3, -0.25) is 0 Å². The van der Waals surface area contributed by atoms with Crippen LogP contribution in [0, 0.1) is 0 Å². The number of aryl methyl sites for hydroxylation is 1. The van der Waals surface area contributed by atoms with E-state index >= 15 is 0 Å². The third-order valence-electron chi connectivity index (χ3n) is 2.30. The first-order chi connectivity index (χ1) is 7.79. The Hall–Kier alpha value is -2.03. The van der Waals surface area contributed by atoms with Crippen LogP contribution < -0.4 is 4.74 Å². The summed E-state index contributed by atoms with van der Waals surface area (Å²) in [6.07, 6.45) is 3.77. The third-order valence-corrected chi connectivity index (χ3v) is 2.30. The SMILES string of the molecule is CCc1ccc(OC(=O)c2ccoc2)cc1. The molecule has 0 N–H and O–H groups in total. The Bertz CT molecular complexity index is 454. The van der Waals surface area contributed by atoms with E-state index < -0.39 is 5.97 Å². The molecule has 0 aliphatic heterocycles. The molecule has 0 spiro atoms. The van der Waals surface area contributed by atoms with Crippen molar-refractivity contribution in [2.24, 2.45) is 0 Å². The predicted octanol–water partition coefficient (Wildman–Crippen LogP) is 3.06. The normalized spacial score (nSPS) is 10.1. The van der Waals surface area contributed by atoms with Crippen molar-refractivity contribution >= 4 is 5.97 Å². The highest BCUT2D eigenvalue weighted by Gasteiger charge is 2.09. The molecular formula is C13H12O3. The van der Waals surface area contributed by atoms with Crippen molar-refractivity contribution in [2.45, 2.75) is 13.3 Å². The van der Waals surface area contributed by atoms with E-state index in [-0.39, 0.29) is 0 Å². The van der Waals surface area contributed by atoms with Crippen molar-refractivity contribution in [3.05, 3.63) is 54.0 Å². The quantitative estimate of drug-likeness (QED) is 0.584. The van der Waals surface area contributed by atoms with Crippen LogP contribution in [0.5, 0.6) is 5.75 Å². The van der Waals surface area contributed by atoms with E-state index in [1.54, 1.807) is 18.2 Å². The van der Waals surface area contributed by atoms with Gasteiger partial charge in [-0.15, -0.1) is 0 Å². The van der Waals surface area contributed by atoms with Crippen molar-refractivity contribution in [1.82, 2.24) is 0 Å². The number of esters is 1. The van der Waals surface area contributed by atoms with Crippen LogP contribution in [0.3, 0.4) is 0 Å². The minimum atomic E-state index is -0.405. The number of carbonyl (C=O) groups excluding carboxylic acids is 1. The van der Waals surface area contributed by atoms with E-state index in [9.17, 15) is 4.79 Å². The van der Waals surface area contributed by atoms with E-state index in [2.05, 4.69) is 6.92 Å². The molecule has 0 radical (unpaired) electrons. The molecule has 1 aromatic heterocycles. The first-order valence-electron chi connectivity index (χ1n) is 5.13. The Morgan fingerprint density at radius 1 is 1.25 bits per heavy atom. The number of hydrogen-bond donors (Lipinski definition) is 0. The van der Waals surface area contributed by atoms with Gasteiger partial charge in [-0.05, 0) is 30.2 Å². The van der Waals surface area contributed by atoms with E-state index in [4.69, 9.17) is 9.15 Å². The average molecular weight is 216 g/mol. The van der Waals surface area contributed by atoms with Crippen LogP contribution in [0.15, 0.2) is 47.3 Å². The van der Waals surface area contributed by atoms with Gasteiger partial charge in [0.05, 0.1) is 11.8 Å². The second kappa shape index (κ2) is 4.66. The second-order valence-corrected chi connectivity index (χ2v) is 3.40. The zero-order valence-electron chi connectivity index (χ0n) is 8.97. The summed E-state index contributed by atoms with van der Waals surface area (Å²) >= 11 is 0. The van der Waals surface area contributed by atoms with Gasteiger partial charge < -0.3 is 9.15 Å². The molecule has 0 amide bonds. The molecule has 2 aromatic rings. The predicted molar refractivity (Wildman–Crippen MR) is 59.5 cm³/mol. The standard InChI is InChI=1S/C13H12O3/c1-2-10-3-5-12(6-4-10)16-13(14)11-7-8-15-9-11/h3-9H,2H2,1H3. The third kappa shape index (κ3) is 2.31. The average Bonchev–Trinajstić information content (AvgIpc) is 2.83. The zero-order chi connectivity index (χ0) is 11.4. The highest BCUT2D eigenvalue weighted by atomic mass is 16.5. The summed E-state index contributed by atoms with van der Waals surface area (Å²) in [5.41, 5.74) is 1.63. The molecule has 3 heteroatoms. The maximum absolute atomic E-state index is 11.5. The minimum absolute atomic E-state index is 0.405. The summed E-state index contributed by atoms with van der Waals surface area (Å²) in [7, 11) is 0. The van der Waals surface area contributed by atoms with Crippen LogP contribution in [0.4, 0.5) is 0 Å². The maximum Gasteiger partial charge on any atom is 0.346 e. The molecule has 82 valence electrons. The van der Waals surface area contributed by atoms with Crippen LogP contribution in [-0.4, -0.2) is 5.97 Å². The molecule has 1 aromatic carbocycles. The molecule has 0 fully saturated rings. The van der Waals surface area contributed by atoms with Gasteiger partial charge in [-0.25, -0.2) is 4.79 Å². The smallest absolute Gasteiger partial charge is 0.346 e. The molecule has 0 bridgehead atoms. The topological polar surface area (TPSA) is 39.4 Å². The summed E-state index contributed by atoms with van der Waals surface area (Å²) < 4.78 is 9.97. The van der Waals surface area contributed by atoms with Crippen LogP contribution in [0.25, 0.3) is 0 Å². The lowest BCUT2D eigenvalue weighted by molar-refractivity contribution is 0.0734. The maximum atomic E-state index is 11.5. The monoisotopic (exact) mass is 216 g/mol. The summed E-state index contributed by atoms with van der Waals surface area (Å²) in [6.45, 7) is 2.08. The Morgan fingerprint density at radius 2 is 2.00 bits per heavy atom. The highest BCUT2D eigenvalue weighted by molar-refractivity contribution is 5.90. The molecule has 0 unspecified atom stereocenters. The zero-order valence-corrected chi connectivity index (χ0v) is 8.97. The minimum Gasteiger partial charge on any atom is -0.472 e. The number of benzene rings is 1. The molecule has 16 heavy (non-hydrogen) atoms. The largest absolute Gasteiger partial charge is 0.472 e. The van der Waals surface area contributed by atoms with Gasteiger partial charge in [0.2, 0.25) is 0 Å². The Labute approximate surface area is 93.7 Å². The van der Waals surface area contributed by atoms with Gasteiger partial charge in [0, 0.05) is 0 Å². The van der Waals surface area contributed by atoms with Crippen LogP contribution in [0.1, 0.15) is 22.8 Å². The molecule has 0 atom stereocenters. The van der Waals surface area contributed by atoms with Crippen LogP contribution in [-0.2, 0) is 6.42 Å². The van der Waals surface area contributed by atoms with Crippen molar-refractivity contribution in [1.29, 1.82) is 0 Å². The number of carbonyl (C=O) groups is 1. The molecule has 0 saturated heterocycles. The van der Waals surface area contributed by atoms with Gasteiger partial charge in [0.1, 0.15) is 12.0 Å². The van der Waals surface area contributed by atoms with Crippen molar-refractivity contribution in [3.8, 4) is 5.75 Å². The molecule has 0 aliphatic carbocycles. The second-order valence-electron chi connectivity index (χ2n) is 3.40. The summed E-state index contributed by atoms with van der Waals surface area (Å²) in [5, 5.41) is 0. The number of hydrogen-bond acceptors (Lipinski definition) is 3. The van der Waals surface area contributed by atoms with Gasteiger partial charge >= 0.3 is 5.97 Å². The fourth-order valence-corrected chi connectivity index (χ4v) is 1.34. The highest BCUT2D eigenvalue weighted by Crippen LogP contribution is 2.14. The van der Waals surface area contributed by atoms with Gasteiger partial charge in [0.25, 0.3) is 0 Å². The van der Waals surface area contributed by atoms with E-state index in [0.29, 0.717) is 11.3 Å². The molecule has 2 rings (SSSR count). The first-order valence-corrected chi connectivity index (χ1v) is 5.13. The number of rotatable bonds is 3. The number of furan rings is 1. The first kappa shape index (κ1) is 10.5.